The third kappa shape index (κ3) is 3.16. The third-order valence-corrected chi connectivity index (χ3v) is 6.30. The first-order valence-corrected chi connectivity index (χ1v) is 11.2. The molecule has 174 valence electrons. The van der Waals surface area contributed by atoms with E-state index >= 15 is 0 Å². The number of carbonyl (C=O) groups is 3. The summed E-state index contributed by atoms with van der Waals surface area (Å²) in [6, 6.07) is 19.9. The van der Waals surface area contributed by atoms with Crippen molar-refractivity contribution in [1.29, 1.82) is 0 Å². The van der Waals surface area contributed by atoms with Crippen LogP contribution in [0.4, 0.5) is 11.4 Å². The van der Waals surface area contributed by atoms with Crippen molar-refractivity contribution in [3.63, 3.8) is 0 Å². The number of carbonyl (C=O) groups excluding carboxylic acids is 3. The lowest BCUT2D eigenvalue weighted by molar-refractivity contribution is 0.0964. The highest BCUT2D eigenvalue weighted by Gasteiger charge is 2.46. The summed E-state index contributed by atoms with van der Waals surface area (Å²) in [7, 11) is 0. The number of ketones is 2. The van der Waals surface area contributed by atoms with Crippen LogP contribution in [0.15, 0.2) is 109 Å². The lowest BCUT2D eigenvalue weighted by Crippen LogP contribution is -2.35. The number of hydrogen-bond donors (Lipinski definition) is 1. The Morgan fingerprint density at radius 1 is 0.694 bits per heavy atom. The number of fused-ring (bicyclic) bond motifs is 2. The van der Waals surface area contributed by atoms with Crippen molar-refractivity contribution in [2.45, 2.75) is 6.23 Å². The molecule has 2 aromatic carbocycles. The van der Waals surface area contributed by atoms with E-state index in [1.807, 2.05) is 0 Å². The Kier molecular flexibility index (Phi) is 5.01. The van der Waals surface area contributed by atoms with Crippen LogP contribution < -0.4 is 9.80 Å². The second kappa shape index (κ2) is 8.37. The fourth-order valence-corrected chi connectivity index (χ4v) is 4.65. The number of para-hydroxylation sites is 2. The summed E-state index contributed by atoms with van der Waals surface area (Å²) in [5.41, 5.74) is 2.04. The van der Waals surface area contributed by atoms with Gasteiger partial charge in [-0.2, -0.15) is 0 Å². The first-order chi connectivity index (χ1) is 17.6. The topological polar surface area (TPSA) is 104 Å². The van der Waals surface area contributed by atoms with Gasteiger partial charge in [0.05, 0.1) is 11.4 Å². The van der Waals surface area contributed by atoms with Gasteiger partial charge in [-0.25, -0.2) is 0 Å². The molecule has 2 aliphatic heterocycles. The van der Waals surface area contributed by atoms with Gasteiger partial charge in [-0.05, 0) is 48.5 Å². The van der Waals surface area contributed by atoms with Crippen LogP contribution in [-0.2, 0) is 0 Å². The summed E-state index contributed by atoms with van der Waals surface area (Å²) < 4.78 is 0. The quantitative estimate of drug-likeness (QED) is 0.449. The molecular formula is C28H18N4O4. The molecule has 4 heterocycles. The van der Waals surface area contributed by atoms with Crippen molar-refractivity contribution in [2.75, 3.05) is 9.80 Å². The van der Waals surface area contributed by atoms with E-state index in [1.165, 1.54) is 34.6 Å². The maximum atomic E-state index is 13.8. The van der Waals surface area contributed by atoms with Crippen LogP contribution in [0.2, 0.25) is 0 Å². The largest absolute Gasteiger partial charge is 0.369 e. The molecule has 2 aromatic heterocycles. The zero-order valence-electron chi connectivity index (χ0n) is 18.8. The minimum Gasteiger partial charge on any atom is -0.369 e. The molecule has 0 saturated heterocycles. The molecule has 1 unspecified atom stereocenters. The van der Waals surface area contributed by atoms with Gasteiger partial charge >= 0.3 is 0 Å². The fourth-order valence-electron chi connectivity index (χ4n) is 4.65. The maximum absolute atomic E-state index is 13.8. The van der Waals surface area contributed by atoms with Gasteiger partial charge in [-0.1, -0.05) is 24.3 Å². The Hall–Kier alpha value is -4.95. The predicted molar refractivity (Wildman–Crippen MR) is 131 cm³/mol. The van der Waals surface area contributed by atoms with Gasteiger partial charge in [-0.3, -0.25) is 29.3 Å². The molecule has 1 atom stereocenters. The normalized spacial score (nSPS) is 17.2. The molecule has 0 bridgehead atoms. The maximum Gasteiger partial charge on any atom is 0.263 e. The third-order valence-electron chi connectivity index (χ3n) is 6.30. The lowest BCUT2D eigenvalue weighted by atomic mass is 10.1. The van der Waals surface area contributed by atoms with Crippen LogP contribution >= 0.6 is 0 Å². The first kappa shape index (κ1) is 21.6. The van der Waals surface area contributed by atoms with E-state index in [4.69, 9.17) is 0 Å². The molecule has 1 N–H and O–H groups in total. The number of aromatic nitrogens is 2. The molecule has 1 amide bonds. The SMILES string of the molecule is O=C1/C(=C2/C(=O)c3ccccc3N2C(O)c2ccncc2)N(C(=O)c2ccncc2)c2ccccc21. The summed E-state index contributed by atoms with van der Waals surface area (Å²) in [6.45, 7) is 0. The fraction of sp³-hybridized carbons (Fsp3) is 0.0357. The van der Waals surface area contributed by atoms with Gasteiger partial charge in [0, 0.05) is 47.0 Å². The van der Waals surface area contributed by atoms with E-state index in [0.29, 0.717) is 33.6 Å². The number of rotatable bonds is 3. The van der Waals surface area contributed by atoms with Crippen LogP contribution in [0.1, 0.15) is 42.9 Å². The molecule has 0 saturated carbocycles. The number of amides is 1. The Morgan fingerprint density at radius 3 is 1.89 bits per heavy atom. The highest BCUT2D eigenvalue weighted by molar-refractivity contribution is 6.32. The number of Topliss-reactive ketones (excluding diaryl/α,β-unsaturated/α-hetero) is 2. The summed E-state index contributed by atoms with van der Waals surface area (Å²) in [4.78, 5) is 52.0. The summed E-state index contributed by atoms with van der Waals surface area (Å²) in [5, 5.41) is 11.4. The molecular weight excluding hydrogens is 456 g/mol. The average Bonchev–Trinajstić information content (AvgIpc) is 3.39. The second-order valence-corrected chi connectivity index (χ2v) is 8.29. The van der Waals surface area contributed by atoms with E-state index in [1.54, 1.807) is 72.8 Å². The Morgan fingerprint density at radius 2 is 1.22 bits per heavy atom. The molecule has 36 heavy (non-hydrogen) atoms. The van der Waals surface area contributed by atoms with E-state index < -0.39 is 23.7 Å². The number of nitrogens with zero attached hydrogens (tertiary/aromatic N) is 4. The van der Waals surface area contributed by atoms with Crippen molar-refractivity contribution < 1.29 is 19.5 Å². The van der Waals surface area contributed by atoms with Crippen molar-refractivity contribution >= 4 is 28.8 Å². The van der Waals surface area contributed by atoms with Crippen molar-refractivity contribution in [1.82, 2.24) is 9.97 Å². The molecule has 0 fully saturated rings. The summed E-state index contributed by atoms with van der Waals surface area (Å²) in [5.74, 6) is -1.42. The number of aliphatic hydroxyl groups excluding tert-OH is 1. The minimum atomic E-state index is -1.31. The smallest absolute Gasteiger partial charge is 0.263 e. The monoisotopic (exact) mass is 474 g/mol. The Bertz CT molecular complexity index is 1570. The Labute approximate surface area is 205 Å². The average molecular weight is 474 g/mol. The lowest BCUT2D eigenvalue weighted by Gasteiger charge is -2.29. The molecule has 0 spiro atoms. The number of pyridine rings is 2. The van der Waals surface area contributed by atoms with E-state index in [0.717, 1.165) is 0 Å². The molecule has 8 nitrogen and oxygen atoms in total. The van der Waals surface area contributed by atoms with Gasteiger partial charge in [0.1, 0.15) is 11.4 Å². The van der Waals surface area contributed by atoms with Gasteiger partial charge in [0.25, 0.3) is 5.91 Å². The molecule has 0 radical (unpaired) electrons. The zero-order chi connectivity index (χ0) is 24.8. The van der Waals surface area contributed by atoms with E-state index in [9.17, 15) is 19.5 Å². The highest BCUT2D eigenvalue weighted by Crippen LogP contribution is 2.45. The van der Waals surface area contributed by atoms with Gasteiger partial charge in [-0.15, -0.1) is 0 Å². The van der Waals surface area contributed by atoms with Crippen LogP contribution in [0.25, 0.3) is 0 Å². The zero-order valence-corrected chi connectivity index (χ0v) is 18.8. The molecule has 2 aliphatic rings. The predicted octanol–water partition coefficient (Wildman–Crippen LogP) is 3.93. The summed E-state index contributed by atoms with van der Waals surface area (Å²) >= 11 is 0. The van der Waals surface area contributed by atoms with Crippen LogP contribution in [0.5, 0.6) is 0 Å². The molecule has 8 heteroatoms. The summed E-state index contributed by atoms with van der Waals surface area (Å²) in [6.07, 6.45) is 4.73. The van der Waals surface area contributed by atoms with Gasteiger partial charge < -0.3 is 10.0 Å². The van der Waals surface area contributed by atoms with Crippen molar-refractivity contribution in [2.24, 2.45) is 0 Å². The molecule has 6 rings (SSSR count). The van der Waals surface area contributed by atoms with Gasteiger partial charge in [0.2, 0.25) is 11.6 Å². The number of anilines is 2. The Balaban J connectivity index is 1.62. The number of aliphatic hydroxyl groups is 1. The standard InChI is InChI=1S/C28H18N4O4/c33-25-19-5-1-3-7-21(19)31(27(35)17-9-13-29-14-10-17)23(25)24-26(34)20-6-2-4-8-22(20)32(24)28(36)18-11-15-30-16-12-18/h1-16,27,35H/b24-23+. The number of allylic oxidation sites excluding steroid dienone is 2. The first-order valence-electron chi connectivity index (χ1n) is 11.2. The molecule has 4 aromatic rings. The van der Waals surface area contributed by atoms with Crippen molar-refractivity contribution in [3.8, 4) is 0 Å². The number of benzene rings is 2. The van der Waals surface area contributed by atoms with Crippen LogP contribution in [0.3, 0.4) is 0 Å². The van der Waals surface area contributed by atoms with Crippen LogP contribution in [-0.4, -0.2) is 32.5 Å². The van der Waals surface area contributed by atoms with Crippen molar-refractivity contribution in [3.05, 3.63) is 131 Å². The second-order valence-electron chi connectivity index (χ2n) is 8.29. The number of hydrogen-bond acceptors (Lipinski definition) is 7. The molecule has 0 aliphatic carbocycles. The van der Waals surface area contributed by atoms with E-state index in [2.05, 4.69) is 9.97 Å². The highest BCUT2D eigenvalue weighted by atomic mass is 16.3. The minimum absolute atomic E-state index is 0.0656. The van der Waals surface area contributed by atoms with Gasteiger partial charge in [0.15, 0.2) is 6.23 Å². The van der Waals surface area contributed by atoms with E-state index in [-0.39, 0.29) is 11.4 Å². The van der Waals surface area contributed by atoms with Crippen LogP contribution in [0, 0.1) is 0 Å².